The molecule has 0 aliphatic carbocycles. The second-order valence-electron chi connectivity index (χ2n) is 8.39. The van der Waals surface area contributed by atoms with Crippen LogP contribution in [0.1, 0.15) is 40.5 Å². The normalized spacial score (nSPS) is 15.6. The third kappa shape index (κ3) is 4.57. The molecule has 0 radical (unpaired) electrons. The average molecular weight is 451 g/mol. The molecule has 2 aromatic heterocycles. The minimum Gasteiger partial charge on any atom is -0.464 e. The summed E-state index contributed by atoms with van der Waals surface area (Å²) in [5, 5.41) is 7.08. The number of nitrogens with one attached hydrogen (secondary N) is 2. The number of hydrogen-bond donors (Lipinski definition) is 2. The highest BCUT2D eigenvalue weighted by Gasteiger charge is 2.29. The van der Waals surface area contributed by atoms with Crippen molar-refractivity contribution in [2.45, 2.75) is 40.3 Å². The molecule has 8 heteroatoms. The molecular weight excluding hydrogens is 420 g/mol. The number of fused-ring (bicyclic) bond motifs is 1. The van der Waals surface area contributed by atoms with Crippen molar-refractivity contribution in [1.82, 2.24) is 9.55 Å². The number of aromatic nitrogens is 2. The van der Waals surface area contributed by atoms with E-state index in [2.05, 4.69) is 47.7 Å². The molecule has 1 atom stereocenters. The number of rotatable bonds is 7. The van der Waals surface area contributed by atoms with Crippen LogP contribution in [0.4, 0.5) is 11.4 Å². The van der Waals surface area contributed by atoms with Gasteiger partial charge in [0.15, 0.2) is 5.69 Å². The van der Waals surface area contributed by atoms with Gasteiger partial charge in [0.1, 0.15) is 5.65 Å². The summed E-state index contributed by atoms with van der Waals surface area (Å²) in [4.78, 5) is 30.2. The highest BCUT2D eigenvalue weighted by atomic mass is 16.5. The van der Waals surface area contributed by atoms with Gasteiger partial charge in [-0.15, -0.1) is 0 Å². The summed E-state index contributed by atoms with van der Waals surface area (Å²) in [6, 6.07) is 8.28. The minimum absolute atomic E-state index is 0.165. The fourth-order valence-corrected chi connectivity index (χ4v) is 4.27. The zero-order chi connectivity index (χ0) is 23.5. The molecule has 4 rings (SSSR count). The number of aryl methyl sites for hydroxylation is 3. The first-order valence-electron chi connectivity index (χ1n) is 11.2. The van der Waals surface area contributed by atoms with Crippen LogP contribution in [0.3, 0.4) is 0 Å². The highest BCUT2D eigenvalue weighted by Crippen LogP contribution is 2.33. The monoisotopic (exact) mass is 450 g/mol. The quantitative estimate of drug-likeness (QED) is 0.528. The van der Waals surface area contributed by atoms with Gasteiger partial charge in [-0.05, 0) is 44.4 Å². The number of methoxy groups -OCH3 is 1. The molecule has 0 spiro atoms. The molecule has 1 aliphatic rings. The lowest BCUT2D eigenvalue weighted by Gasteiger charge is -2.12. The number of carbonyl (C=O) groups excluding carboxylic acids is 2. The van der Waals surface area contributed by atoms with E-state index in [1.165, 1.54) is 23.8 Å². The Morgan fingerprint density at radius 1 is 1.27 bits per heavy atom. The van der Waals surface area contributed by atoms with E-state index in [9.17, 15) is 9.59 Å². The van der Waals surface area contributed by atoms with Crippen LogP contribution in [0, 0.1) is 19.8 Å². The van der Waals surface area contributed by atoms with Gasteiger partial charge in [0.2, 0.25) is 5.91 Å². The Labute approximate surface area is 193 Å². The molecule has 1 aromatic carbocycles. The molecule has 8 nitrogen and oxygen atoms in total. The molecular formula is C25H30N4O4. The molecule has 3 heterocycles. The molecule has 1 amide bonds. The zero-order valence-corrected chi connectivity index (χ0v) is 19.5. The number of pyridine rings is 1. The Kier molecular flexibility index (Phi) is 6.65. The summed E-state index contributed by atoms with van der Waals surface area (Å²) in [7, 11) is 1.33. The number of carbonyl (C=O) groups is 2. The first-order valence-corrected chi connectivity index (χ1v) is 11.2. The Hall–Kier alpha value is -3.39. The third-order valence-corrected chi connectivity index (χ3v) is 6.12. The molecule has 0 bridgehead atoms. The van der Waals surface area contributed by atoms with E-state index in [-0.39, 0.29) is 11.8 Å². The highest BCUT2D eigenvalue weighted by molar-refractivity contribution is 6.11. The number of nitrogens with zero attached hydrogens (tertiary/aromatic N) is 2. The summed E-state index contributed by atoms with van der Waals surface area (Å²) in [5.74, 6) is -0.923. The van der Waals surface area contributed by atoms with Gasteiger partial charge in [-0.2, -0.15) is 0 Å². The van der Waals surface area contributed by atoms with Crippen LogP contribution in [-0.2, 0) is 27.4 Å². The van der Waals surface area contributed by atoms with Crippen molar-refractivity contribution in [3.63, 3.8) is 0 Å². The summed E-state index contributed by atoms with van der Waals surface area (Å²) in [5.41, 5.74) is 5.77. The van der Waals surface area contributed by atoms with Crippen molar-refractivity contribution in [3.05, 3.63) is 52.8 Å². The Balaban J connectivity index is 1.71. The molecule has 1 fully saturated rings. The molecule has 0 unspecified atom stereocenters. The van der Waals surface area contributed by atoms with Crippen molar-refractivity contribution in [1.29, 1.82) is 0 Å². The lowest BCUT2D eigenvalue weighted by Crippen LogP contribution is -2.24. The van der Waals surface area contributed by atoms with Crippen LogP contribution in [0.15, 0.2) is 30.5 Å². The number of ether oxygens (including phenoxy) is 2. The summed E-state index contributed by atoms with van der Waals surface area (Å²) < 4.78 is 12.2. The maximum atomic E-state index is 12.9. The first kappa shape index (κ1) is 22.8. The third-order valence-electron chi connectivity index (χ3n) is 6.12. The van der Waals surface area contributed by atoms with Gasteiger partial charge in [-0.1, -0.05) is 23.8 Å². The van der Waals surface area contributed by atoms with Crippen LogP contribution in [0.5, 0.6) is 0 Å². The molecule has 0 saturated carbocycles. The van der Waals surface area contributed by atoms with Crippen molar-refractivity contribution in [2.75, 3.05) is 31.0 Å². The second kappa shape index (κ2) is 9.62. The Bertz CT molecular complexity index is 1190. The second-order valence-corrected chi connectivity index (χ2v) is 8.39. The number of benzene rings is 1. The molecule has 3 aromatic rings. The van der Waals surface area contributed by atoms with Crippen molar-refractivity contribution in [2.24, 2.45) is 5.92 Å². The van der Waals surface area contributed by atoms with Crippen molar-refractivity contribution >= 4 is 34.3 Å². The van der Waals surface area contributed by atoms with E-state index in [1.54, 1.807) is 10.8 Å². The molecule has 2 N–H and O–H groups in total. The smallest absolute Gasteiger partial charge is 0.356 e. The van der Waals surface area contributed by atoms with E-state index in [0.717, 1.165) is 5.69 Å². The van der Waals surface area contributed by atoms with Crippen LogP contribution in [0.25, 0.3) is 11.0 Å². The number of hydrogen-bond acceptors (Lipinski definition) is 6. The summed E-state index contributed by atoms with van der Waals surface area (Å²) in [6.45, 7) is 8.18. The zero-order valence-electron chi connectivity index (χ0n) is 19.5. The predicted octanol–water partition coefficient (Wildman–Crippen LogP) is 4.05. The Morgan fingerprint density at radius 3 is 2.76 bits per heavy atom. The van der Waals surface area contributed by atoms with E-state index >= 15 is 0 Å². The van der Waals surface area contributed by atoms with Gasteiger partial charge in [-0.25, -0.2) is 9.78 Å². The van der Waals surface area contributed by atoms with E-state index < -0.39 is 5.97 Å². The van der Waals surface area contributed by atoms with Crippen LogP contribution in [-0.4, -0.2) is 41.8 Å². The molecule has 174 valence electrons. The lowest BCUT2D eigenvalue weighted by molar-refractivity contribution is -0.119. The maximum absolute atomic E-state index is 12.9. The standard InChI is InChI=1S/C25H30N4O4/c1-5-29-22(25(31)32-4)21(28-24(30)18-8-9-33-14-18)20-11-19(13-27-23(20)29)26-12-17-7-6-15(2)10-16(17)3/h6-7,10-11,13,18,26H,5,8-9,12,14H2,1-4H3,(H,28,30)/t18-/m0/s1. The fourth-order valence-electron chi connectivity index (χ4n) is 4.27. The number of anilines is 2. The molecule has 33 heavy (non-hydrogen) atoms. The molecule has 1 saturated heterocycles. The number of amides is 1. The predicted molar refractivity (Wildman–Crippen MR) is 128 cm³/mol. The van der Waals surface area contributed by atoms with Gasteiger partial charge < -0.3 is 24.7 Å². The topological polar surface area (TPSA) is 94.5 Å². The van der Waals surface area contributed by atoms with Crippen LogP contribution in [0.2, 0.25) is 0 Å². The van der Waals surface area contributed by atoms with Gasteiger partial charge in [0, 0.05) is 25.1 Å². The van der Waals surface area contributed by atoms with Gasteiger partial charge in [-0.3, -0.25) is 4.79 Å². The van der Waals surface area contributed by atoms with Crippen LogP contribution < -0.4 is 10.6 Å². The van der Waals surface area contributed by atoms with Crippen LogP contribution >= 0.6 is 0 Å². The fraction of sp³-hybridized carbons (Fsp3) is 0.400. The summed E-state index contributed by atoms with van der Waals surface area (Å²) in [6.07, 6.45) is 2.41. The number of esters is 1. The largest absolute Gasteiger partial charge is 0.464 e. The first-order chi connectivity index (χ1) is 15.9. The van der Waals surface area contributed by atoms with Crippen molar-refractivity contribution in [3.8, 4) is 0 Å². The SMILES string of the molecule is CCn1c(C(=O)OC)c(NC(=O)[C@H]2CCOC2)c2cc(NCc3ccc(C)cc3C)cnc21. The van der Waals surface area contributed by atoms with E-state index in [4.69, 9.17) is 9.47 Å². The minimum atomic E-state index is -0.516. The van der Waals surface area contributed by atoms with Gasteiger partial charge >= 0.3 is 5.97 Å². The van der Waals surface area contributed by atoms with E-state index in [0.29, 0.717) is 55.1 Å². The van der Waals surface area contributed by atoms with Gasteiger partial charge in [0.25, 0.3) is 0 Å². The van der Waals surface area contributed by atoms with Gasteiger partial charge in [0.05, 0.1) is 37.2 Å². The lowest BCUT2D eigenvalue weighted by atomic mass is 10.1. The Morgan fingerprint density at radius 2 is 2.09 bits per heavy atom. The maximum Gasteiger partial charge on any atom is 0.356 e. The average Bonchev–Trinajstić information content (AvgIpc) is 3.45. The van der Waals surface area contributed by atoms with Crippen molar-refractivity contribution < 1.29 is 19.1 Å². The molecule has 1 aliphatic heterocycles. The summed E-state index contributed by atoms with van der Waals surface area (Å²) >= 11 is 0. The van der Waals surface area contributed by atoms with E-state index in [1.807, 2.05) is 13.0 Å².